The second kappa shape index (κ2) is 2.75. The fraction of sp³-hybridized carbons (Fsp3) is 1.00. The van der Waals surface area contributed by atoms with Crippen molar-refractivity contribution in [2.45, 2.75) is 18.9 Å². The van der Waals surface area contributed by atoms with Crippen molar-refractivity contribution >= 4 is 0 Å². The molecule has 0 aromatic carbocycles. The van der Waals surface area contributed by atoms with E-state index in [1.54, 1.807) is 0 Å². The third kappa shape index (κ3) is 1.60. The van der Waals surface area contributed by atoms with Crippen LogP contribution >= 0.6 is 0 Å². The lowest BCUT2D eigenvalue weighted by molar-refractivity contribution is -0.362. The molecule has 0 aliphatic carbocycles. The molecule has 62 valence electrons. The van der Waals surface area contributed by atoms with Crippen LogP contribution in [0.25, 0.3) is 0 Å². The summed E-state index contributed by atoms with van der Waals surface area (Å²) in [5, 5.41) is 0. The van der Waals surface area contributed by atoms with E-state index in [9.17, 15) is 13.2 Å². The lowest BCUT2D eigenvalue weighted by Crippen LogP contribution is -2.44. The molecule has 0 spiro atoms. The van der Waals surface area contributed by atoms with Crippen LogP contribution in [-0.2, 0) is 9.47 Å². The second-order valence-electron chi connectivity index (χ2n) is 1.84. The fourth-order valence-electron chi connectivity index (χ4n) is 0.301. The Hall–Kier alpha value is -0.290. The van der Waals surface area contributed by atoms with Crippen LogP contribution in [0, 0.1) is 0 Å². The zero-order chi connectivity index (χ0) is 8.41. The lowest BCUT2D eigenvalue weighted by atomic mass is 10.3. The van der Waals surface area contributed by atoms with Gasteiger partial charge in [-0.1, -0.05) is 0 Å². The Labute approximate surface area is 56.9 Å². The molecule has 0 bridgehead atoms. The predicted molar refractivity (Wildman–Crippen MR) is 28.5 cm³/mol. The standard InChI is InChI=1S/C5H9F3O2/c1-4(6,9-2)5(7,8)10-3/h1-3H3. The summed E-state index contributed by atoms with van der Waals surface area (Å²) >= 11 is 0. The topological polar surface area (TPSA) is 18.5 Å². The van der Waals surface area contributed by atoms with E-state index in [0.29, 0.717) is 14.0 Å². The molecule has 0 rings (SSSR count). The molecule has 1 atom stereocenters. The summed E-state index contributed by atoms with van der Waals surface area (Å²) in [4.78, 5) is 0. The molecule has 0 heterocycles. The van der Waals surface area contributed by atoms with Crippen LogP contribution in [0.2, 0.25) is 0 Å². The highest BCUT2D eigenvalue weighted by atomic mass is 19.3. The molecular formula is C5H9F3O2. The zero-order valence-electron chi connectivity index (χ0n) is 5.95. The minimum Gasteiger partial charge on any atom is -0.343 e. The molecule has 0 aliphatic heterocycles. The summed E-state index contributed by atoms with van der Waals surface area (Å²) in [5.41, 5.74) is 0. The minimum atomic E-state index is -3.90. The van der Waals surface area contributed by atoms with E-state index >= 15 is 0 Å². The minimum absolute atomic E-state index is 0.594. The molecule has 0 aromatic heterocycles. The van der Waals surface area contributed by atoms with Gasteiger partial charge in [-0.05, 0) is 0 Å². The third-order valence-corrected chi connectivity index (χ3v) is 1.16. The van der Waals surface area contributed by atoms with Gasteiger partial charge in [-0.3, -0.25) is 0 Å². The second-order valence-corrected chi connectivity index (χ2v) is 1.84. The first-order chi connectivity index (χ1) is 4.37. The fourth-order valence-corrected chi connectivity index (χ4v) is 0.301. The number of ether oxygens (including phenoxy) is 2. The van der Waals surface area contributed by atoms with Gasteiger partial charge in [-0.25, -0.2) is 4.39 Å². The molecule has 0 saturated carbocycles. The maximum atomic E-state index is 12.5. The number of rotatable bonds is 3. The summed E-state index contributed by atoms with van der Waals surface area (Å²) in [5.74, 6) is -3.07. The Kier molecular flexibility index (Phi) is 2.67. The maximum Gasteiger partial charge on any atom is 0.414 e. The molecule has 5 heteroatoms. The maximum absolute atomic E-state index is 12.5. The molecule has 0 saturated heterocycles. The van der Waals surface area contributed by atoms with E-state index in [1.807, 2.05) is 0 Å². The van der Waals surface area contributed by atoms with E-state index in [-0.39, 0.29) is 0 Å². The van der Waals surface area contributed by atoms with Gasteiger partial charge in [-0.15, -0.1) is 0 Å². The summed E-state index contributed by atoms with van der Waals surface area (Å²) in [6.07, 6.45) is -3.90. The van der Waals surface area contributed by atoms with Crippen LogP contribution in [0.15, 0.2) is 0 Å². The molecule has 0 N–H and O–H groups in total. The quantitative estimate of drug-likeness (QED) is 0.620. The monoisotopic (exact) mass is 158 g/mol. The van der Waals surface area contributed by atoms with E-state index < -0.39 is 12.0 Å². The number of methoxy groups -OCH3 is 2. The van der Waals surface area contributed by atoms with Crippen LogP contribution in [0.3, 0.4) is 0 Å². The van der Waals surface area contributed by atoms with Crippen molar-refractivity contribution in [3.05, 3.63) is 0 Å². The summed E-state index contributed by atoms with van der Waals surface area (Å²) < 4.78 is 44.3. The van der Waals surface area contributed by atoms with Gasteiger partial charge < -0.3 is 9.47 Å². The number of hydrogen-bond donors (Lipinski definition) is 0. The van der Waals surface area contributed by atoms with E-state index in [1.165, 1.54) is 0 Å². The van der Waals surface area contributed by atoms with E-state index in [2.05, 4.69) is 9.47 Å². The highest BCUT2D eigenvalue weighted by Crippen LogP contribution is 2.32. The number of alkyl halides is 3. The van der Waals surface area contributed by atoms with Crippen LogP contribution < -0.4 is 0 Å². The normalized spacial score (nSPS) is 18.6. The SMILES string of the molecule is COC(C)(F)C(F)(F)OC. The first-order valence-corrected chi connectivity index (χ1v) is 2.54. The molecule has 0 fully saturated rings. The van der Waals surface area contributed by atoms with Crippen molar-refractivity contribution in [2.75, 3.05) is 14.2 Å². The van der Waals surface area contributed by atoms with E-state index in [0.717, 1.165) is 7.11 Å². The van der Waals surface area contributed by atoms with Gasteiger partial charge in [0.1, 0.15) is 0 Å². The van der Waals surface area contributed by atoms with Crippen LogP contribution in [-0.4, -0.2) is 26.2 Å². The van der Waals surface area contributed by atoms with Crippen molar-refractivity contribution in [3.8, 4) is 0 Å². The molecule has 10 heavy (non-hydrogen) atoms. The van der Waals surface area contributed by atoms with Gasteiger partial charge in [0, 0.05) is 21.1 Å². The lowest BCUT2D eigenvalue weighted by Gasteiger charge is -2.26. The largest absolute Gasteiger partial charge is 0.414 e. The van der Waals surface area contributed by atoms with Crippen molar-refractivity contribution in [1.29, 1.82) is 0 Å². The van der Waals surface area contributed by atoms with Crippen molar-refractivity contribution in [2.24, 2.45) is 0 Å². The van der Waals surface area contributed by atoms with Gasteiger partial charge in [0.25, 0.3) is 5.85 Å². The van der Waals surface area contributed by atoms with Crippen LogP contribution in [0.4, 0.5) is 13.2 Å². The van der Waals surface area contributed by atoms with Gasteiger partial charge in [-0.2, -0.15) is 8.78 Å². The van der Waals surface area contributed by atoms with Gasteiger partial charge in [0.05, 0.1) is 0 Å². The first kappa shape index (κ1) is 9.71. The smallest absolute Gasteiger partial charge is 0.343 e. The number of halogens is 3. The first-order valence-electron chi connectivity index (χ1n) is 2.54. The van der Waals surface area contributed by atoms with Crippen molar-refractivity contribution in [3.63, 3.8) is 0 Å². The molecule has 1 unspecified atom stereocenters. The van der Waals surface area contributed by atoms with Gasteiger partial charge in [0.2, 0.25) is 0 Å². The Balaban J connectivity index is 4.28. The highest BCUT2D eigenvalue weighted by molar-refractivity contribution is 4.71. The summed E-state index contributed by atoms with van der Waals surface area (Å²) in [6.45, 7) is 0.594. The molecule has 0 radical (unpaired) electrons. The van der Waals surface area contributed by atoms with Crippen molar-refractivity contribution < 1.29 is 22.6 Å². The molecule has 2 nitrogen and oxygen atoms in total. The molecule has 0 amide bonds. The predicted octanol–water partition coefficient (Wildman–Crippen LogP) is 1.56. The Morgan fingerprint density at radius 2 is 1.40 bits per heavy atom. The van der Waals surface area contributed by atoms with Crippen LogP contribution in [0.1, 0.15) is 6.92 Å². The van der Waals surface area contributed by atoms with Crippen LogP contribution in [0.5, 0.6) is 0 Å². The third-order valence-electron chi connectivity index (χ3n) is 1.16. The molecule has 0 aromatic rings. The Morgan fingerprint density at radius 3 is 1.50 bits per heavy atom. The van der Waals surface area contributed by atoms with Gasteiger partial charge in [0.15, 0.2) is 0 Å². The summed E-state index contributed by atoms with van der Waals surface area (Å²) in [6, 6.07) is 0. The Bertz CT molecular complexity index is 99.5. The average Bonchev–Trinajstić information content (AvgIpc) is 1.88. The summed E-state index contributed by atoms with van der Waals surface area (Å²) in [7, 11) is 1.55. The van der Waals surface area contributed by atoms with Gasteiger partial charge >= 0.3 is 6.11 Å². The zero-order valence-corrected chi connectivity index (χ0v) is 5.95. The van der Waals surface area contributed by atoms with E-state index in [4.69, 9.17) is 0 Å². The average molecular weight is 158 g/mol. The highest BCUT2D eigenvalue weighted by Gasteiger charge is 2.52. The molecular weight excluding hydrogens is 149 g/mol. The Morgan fingerprint density at radius 1 is 1.00 bits per heavy atom. The molecule has 0 aliphatic rings. The number of hydrogen-bond acceptors (Lipinski definition) is 2. The van der Waals surface area contributed by atoms with Crippen molar-refractivity contribution in [1.82, 2.24) is 0 Å².